The molecule has 0 radical (unpaired) electrons. The van der Waals surface area contributed by atoms with Crippen molar-refractivity contribution in [2.45, 2.75) is 56.9 Å². The molecule has 5 heteroatoms. The van der Waals surface area contributed by atoms with Crippen LogP contribution in [0.2, 0.25) is 0 Å². The molecule has 5 nitrogen and oxygen atoms in total. The van der Waals surface area contributed by atoms with Crippen LogP contribution in [0.15, 0.2) is 36.7 Å². The molecule has 3 atom stereocenters. The average Bonchev–Trinajstić information content (AvgIpc) is 3.10. The lowest BCUT2D eigenvalue weighted by Gasteiger charge is -2.27. The van der Waals surface area contributed by atoms with Crippen molar-refractivity contribution >= 4 is 0 Å². The molecule has 144 valence electrons. The topological polar surface area (TPSA) is 67.3 Å². The molecule has 1 saturated carbocycles. The fourth-order valence-corrected chi connectivity index (χ4v) is 4.23. The van der Waals surface area contributed by atoms with E-state index in [1.807, 2.05) is 24.5 Å². The predicted octanol–water partition coefficient (Wildman–Crippen LogP) is 3.83. The Balaban J connectivity index is 1.21. The summed E-state index contributed by atoms with van der Waals surface area (Å²) in [5, 5.41) is 12.9. The van der Waals surface area contributed by atoms with Gasteiger partial charge in [-0.15, -0.1) is 0 Å². The van der Waals surface area contributed by atoms with Crippen LogP contribution in [-0.4, -0.2) is 34.3 Å². The average molecular weight is 367 g/mol. The van der Waals surface area contributed by atoms with E-state index in [1.165, 1.54) is 44.1 Å². The largest absolute Gasteiger partial charge is 0.493 e. The summed E-state index contributed by atoms with van der Waals surface area (Å²) in [6, 6.07) is 8.23. The minimum atomic E-state index is 0.138. The number of hydrogen-bond donors (Lipinski definition) is 2. The van der Waals surface area contributed by atoms with Crippen LogP contribution >= 0.6 is 0 Å². The summed E-state index contributed by atoms with van der Waals surface area (Å²) >= 11 is 0. The second kappa shape index (κ2) is 8.70. The van der Waals surface area contributed by atoms with Gasteiger partial charge in [0.1, 0.15) is 12.4 Å². The SMILES string of the molecule is Oc1cccc(C2CC[C@H](CCCc3cncc(OC[C@@H]4CCN4)c3)C2)n1. The van der Waals surface area contributed by atoms with Crippen LogP contribution in [0.4, 0.5) is 0 Å². The van der Waals surface area contributed by atoms with E-state index < -0.39 is 0 Å². The second-order valence-electron chi connectivity index (χ2n) is 7.97. The van der Waals surface area contributed by atoms with Gasteiger partial charge in [-0.05, 0) is 68.7 Å². The zero-order valence-corrected chi connectivity index (χ0v) is 15.8. The van der Waals surface area contributed by atoms with Gasteiger partial charge in [0, 0.05) is 29.9 Å². The highest BCUT2D eigenvalue weighted by Crippen LogP contribution is 2.40. The molecule has 2 aromatic heterocycles. The maximum absolute atomic E-state index is 9.58. The Morgan fingerprint density at radius 2 is 2.11 bits per heavy atom. The summed E-state index contributed by atoms with van der Waals surface area (Å²) in [6.07, 6.45) is 12.1. The van der Waals surface area contributed by atoms with Crippen LogP contribution in [0.5, 0.6) is 11.6 Å². The summed E-state index contributed by atoms with van der Waals surface area (Å²) in [5.41, 5.74) is 2.31. The number of aromatic nitrogens is 2. The number of hydrogen-bond acceptors (Lipinski definition) is 5. The molecule has 2 N–H and O–H groups in total. The van der Waals surface area contributed by atoms with Crippen molar-refractivity contribution in [3.63, 3.8) is 0 Å². The lowest BCUT2D eigenvalue weighted by atomic mass is 9.96. The molecule has 1 saturated heterocycles. The van der Waals surface area contributed by atoms with Gasteiger partial charge in [-0.25, -0.2) is 4.98 Å². The molecule has 0 aromatic carbocycles. The smallest absolute Gasteiger partial charge is 0.210 e. The number of nitrogens with one attached hydrogen (secondary N) is 1. The first-order valence-electron chi connectivity index (χ1n) is 10.2. The molecule has 0 bridgehead atoms. The summed E-state index contributed by atoms with van der Waals surface area (Å²) < 4.78 is 5.85. The first kappa shape index (κ1) is 18.2. The lowest BCUT2D eigenvalue weighted by Crippen LogP contribution is -2.46. The minimum absolute atomic E-state index is 0.138. The van der Waals surface area contributed by atoms with Gasteiger partial charge in [0.15, 0.2) is 0 Å². The highest BCUT2D eigenvalue weighted by Gasteiger charge is 2.26. The molecule has 1 unspecified atom stereocenters. The molecule has 1 aliphatic heterocycles. The van der Waals surface area contributed by atoms with Gasteiger partial charge in [0.2, 0.25) is 5.88 Å². The van der Waals surface area contributed by atoms with Crippen molar-refractivity contribution in [1.82, 2.24) is 15.3 Å². The Labute approximate surface area is 161 Å². The Kier molecular flexibility index (Phi) is 5.87. The van der Waals surface area contributed by atoms with Crippen LogP contribution in [0.25, 0.3) is 0 Å². The first-order chi connectivity index (χ1) is 13.3. The zero-order valence-electron chi connectivity index (χ0n) is 15.8. The Bertz CT molecular complexity index is 748. The number of nitrogens with zero attached hydrogens (tertiary/aromatic N) is 2. The first-order valence-corrected chi connectivity index (χ1v) is 10.2. The third-order valence-electron chi connectivity index (χ3n) is 5.94. The van der Waals surface area contributed by atoms with Crippen molar-refractivity contribution in [1.29, 1.82) is 0 Å². The van der Waals surface area contributed by atoms with Crippen LogP contribution < -0.4 is 10.1 Å². The van der Waals surface area contributed by atoms with E-state index in [0.717, 1.165) is 36.9 Å². The van der Waals surface area contributed by atoms with Gasteiger partial charge in [0.25, 0.3) is 0 Å². The van der Waals surface area contributed by atoms with Crippen molar-refractivity contribution < 1.29 is 9.84 Å². The number of aryl methyl sites for hydroxylation is 1. The van der Waals surface area contributed by atoms with Gasteiger partial charge in [-0.1, -0.05) is 12.5 Å². The van der Waals surface area contributed by atoms with E-state index in [4.69, 9.17) is 4.74 Å². The van der Waals surface area contributed by atoms with Gasteiger partial charge in [0.05, 0.1) is 6.20 Å². The predicted molar refractivity (Wildman–Crippen MR) is 105 cm³/mol. The van der Waals surface area contributed by atoms with Crippen LogP contribution in [-0.2, 0) is 6.42 Å². The summed E-state index contributed by atoms with van der Waals surface area (Å²) in [5.74, 6) is 2.28. The Morgan fingerprint density at radius 3 is 2.93 bits per heavy atom. The third kappa shape index (κ3) is 4.98. The molecule has 0 spiro atoms. The molecule has 4 rings (SSSR count). The van der Waals surface area contributed by atoms with E-state index in [9.17, 15) is 5.11 Å². The number of rotatable bonds is 8. The Hall–Kier alpha value is -2.14. The summed E-state index contributed by atoms with van der Waals surface area (Å²) in [7, 11) is 0. The van der Waals surface area contributed by atoms with E-state index in [1.54, 1.807) is 6.07 Å². The summed E-state index contributed by atoms with van der Waals surface area (Å²) in [4.78, 5) is 8.64. The normalized spacial score (nSPS) is 24.5. The van der Waals surface area contributed by atoms with Crippen molar-refractivity contribution in [3.05, 3.63) is 47.9 Å². The van der Waals surface area contributed by atoms with E-state index >= 15 is 0 Å². The zero-order chi connectivity index (χ0) is 18.5. The maximum atomic E-state index is 9.58. The second-order valence-corrected chi connectivity index (χ2v) is 7.97. The van der Waals surface area contributed by atoms with Crippen molar-refractivity contribution in [3.8, 4) is 11.6 Å². The highest BCUT2D eigenvalue weighted by atomic mass is 16.5. The van der Waals surface area contributed by atoms with E-state index in [2.05, 4.69) is 21.4 Å². The molecule has 1 aliphatic carbocycles. The van der Waals surface area contributed by atoms with Crippen molar-refractivity contribution in [2.75, 3.05) is 13.2 Å². The van der Waals surface area contributed by atoms with Crippen LogP contribution in [0.3, 0.4) is 0 Å². The maximum Gasteiger partial charge on any atom is 0.210 e. The van der Waals surface area contributed by atoms with Gasteiger partial charge >= 0.3 is 0 Å². The Morgan fingerprint density at radius 1 is 1.19 bits per heavy atom. The fourth-order valence-electron chi connectivity index (χ4n) is 4.23. The lowest BCUT2D eigenvalue weighted by molar-refractivity contribution is 0.217. The number of aromatic hydroxyl groups is 1. The fraction of sp³-hybridized carbons (Fsp3) is 0.545. The molecular formula is C22H29N3O2. The molecule has 2 aromatic rings. The van der Waals surface area contributed by atoms with Crippen molar-refractivity contribution in [2.24, 2.45) is 5.92 Å². The standard InChI is InChI=1S/C22H29N3O2/c26-22-6-2-5-21(25-22)18-8-7-16(11-18)3-1-4-17-12-20(14-23-13-17)27-15-19-9-10-24-19/h2,5-6,12-14,16,18-19,24H,1,3-4,7-11,15H2,(H,25,26)/t16-,18?,19-/m0/s1. The van der Waals surface area contributed by atoms with Gasteiger partial charge in [-0.2, -0.15) is 0 Å². The third-order valence-corrected chi connectivity index (χ3v) is 5.94. The molecule has 2 fully saturated rings. The monoisotopic (exact) mass is 367 g/mol. The minimum Gasteiger partial charge on any atom is -0.493 e. The highest BCUT2D eigenvalue weighted by molar-refractivity contribution is 5.24. The molecule has 3 heterocycles. The number of ether oxygens (including phenoxy) is 1. The summed E-state index contributed by atoms with van der Waals surface area (Å²) in [6.45, 7) is 1.84. The molecular weight excluding hydrogens is 338 g/mol. The quantitative estimate of drug-likeness (QED) is 0.742. The van der Waals surface area contributed by atoms with E-state index in [-0.39, 0.29) is 5.88 Å². The number of pyridine rings is 2. The molecule has 0 amide bonds. The molecule has 2 aliphatic rings. The van der Waals surface area contributed by atoms with E-state index in [0.29, 0.717) is 12.0 Å². The van der Waals surface area contributed by atoms with Crippen LogP contribution in [0.1, 0.15) is 55.7 Å². The van der Waals surface area contributed by atoms with Gasteiger partial charge < -0.3 is 15.2 Å². The molecule has 27 heavy (non-hydrogen) atoms. The van der Waals surface area contributed by atoms with Gasteiger partial charge in [-0.3, -0.25) is 4.98 Å². The van der Waals surface area contributed by atoms with Crippen LogP contribution in [0, 0.1) is 5.92 Å².